The summed E-state index contributed by atoms with van der Waals surface area (Å²) in [4.78, 5) is 0. The fraction of sp³-hybridized carbons (Fsp3) is 0.143. The minimum absolute atomic E-state index is 0.553. The van der Waals surface area contributed by atoms with Crippen molar-refractivity contribution in [3.8, 4) is 11.5 Å². The summed E-state index contributed by atoms with van der Waals surface area (Å²) in [5, 5.41) is 0. The average molecular weight is 340 g/mol. The normalized spacial score (nSPS) is 10.0. The zero-order valence-electron chi connectivity index (χ0n) is 9.52. The Bertz CT molecular complexity index is 480. The molecule has 0 saturated heterocycles. The van der Waals surface area contributed by atoms with E-state index in [0.29, 0.717) is 6.61 Å². The predicted octanol–water partition coefficient (Wildman–Crippen LogP) is 3.88. The maximum atomic E-state index is 5.73. The molecular weight excluding hydrogens is 327 g/mol. The number of para-hydroxylation sites is 2. The van der Waals surface area contributed by atoms with Crippen LogP contribution in [0.2, 0.25) is 0 Å². The first-order chi connectivity index (χ1) is 8.29. The maximum absolute atomic E-state index is 5.73. The lowest BCUT2D eigenvalue weighted by Gasteiger charge is -2.10. The summed E-state index contributed by atoms with van der Waals surface area (Å²) in [6.45, 7) is 0.553. The van der Waals surface area contributed by atoms with Crippen molar-refractivity contribution in [2.45, 2.75) is 6.61 Å². The van der Waals surface area contributed by atoms with Crippen molar-refractivity contribution in [1.29, 1.82) is 0 Å². The van der Waals surface area contributed by atoms with Gasteiger partial charge in [0.05, 0.1) is 7.11 Å². The number of methoxy groups -OCH3 is 1. The minimum atomic E-state index is 0.553. The van der Waals surface area contributed by atoms with Gasteiger partial charge in [-0.3, -0.25) is 0 Å². The number of rotatable bonds is 4. The molecule has 0 atom stereocenters. The molecule has 0 spiro atoms. The molecule has 17 heavy (non-hydrogen) atoms. The zero-order valence-corrected chi connectivity index (χ0v) is 11.7. The topological polar surface area (TPSA) is 18.5 Å². The van der Waals surface area contributed by atoms with Gasteiger partial charge in [0.1, 0.15) is 6.61 Å². The van der Waals surface area contributed by atoms with Crippen LogP contribution in [0.5, 0.6) is 11.5 Å². The first kappa shape index (κ1) is 12.2. The lowest BCUT2D eigenvalue weighted by Crippen LogP contribution is -1.97. The van der Waals surface area contributed by atoms with Gasteiger partial charge in [-0.1, -0.05) is 24.3 Å². The van der Waals surface area contributed by atoms with Crippen LogP contribution >= 0.6 is 22.6 Å². The first-order valence-corrected chi connectivity index (χ1v) is 6.38. The van der Waals surface area contributed by atoms with Crippen LogP contribution in [-0.2, 0) is 6.61 Å². The van der Waals surface area contributed by atoms with Crippen molar-refractivity contribution >= 4 is 22.6 Å². The molecule has 0 heterocycles. The van der Waals surface area contributed by atoms with Gasteiger partial charge < -0.3 is 9.47 Å². The second-order valence-electron chi connectivity index (χ2n) is 3.57. The molecule has 88 valence electrons. The molecule has 3 heteroatoms. The van der Waals surface area contributed by atoms with Crippen LogP contribution in [0.1, 0.15) is 5.56 Å². The molecule has 0 N–H and O–H groups in total. The van der Waals surface area contributed by atoms with Crippen molar-refractivity contribution in [1.82, 2.24) is 0 Å². The summed E-state index contributed by atoms with van der Waals surface area (Å²) < 4.78 is 12.2. The Labute approximate surface area is 115 Å². The Balaban J connectivity index is 2.04. The monoisotopic (exact) mass is 340 g/mol. The Kier molecular flexibility index (Phi) is 4.25. The molecular formula is C14H13IO2. The summed E-state index contributed by atoms with van der Waals surface area (Å²) in [5.74, 6) is 1.53. The van der Waals surface area contributed by atoms with Gasteiger partial charge in [-0.05, 0) is 52.4 Å². The number of benzene rings is 2. The third kappa shape index (κ3) is 3.36. The molecule has 0 bridgehead atoms. The van der Waals surface area contributed by atoms with E-state index in [-0.39, 0.29) is 0 Å². The Morgan fingerprint density at radius 3 is 2.24 bits per heavy atom. The van der Waals surface area contributed by atoms with Crippen LogP contribution < -0.4 is 9.47 Å². The molecule has 2 rings (SSSR count). The van der Waals surface area contributed by atoms with Crippen LogP contribution in [0, 0.1) is 3.57 Å². The van der Waals surface area contributed by atoms with Crippen molar-refractivity contribution < 1.29 is 9.47 Å². The molecule has 0 radical (unpaired) electrons. The molecule has 0 aromatic heterocycles. The molecule has 2 nitrogen and oxygen atoms in total. The summed E-state index contributed by atoms with van der Waals surface area (Å²) in [5.41, 5.74) is 1.15. The van der Waals surface area contributed by atoms with E-state index in [9.17, 15) is 0 Å². The van der Waals surface area contributed by atoms with Crippen molar-refractivity contribution in [3.05, 3.63) is 57.7 Å². The fourth-order valence-corrected chi connectivity index (χ4v) is 1.84. The van der Waals surface area contributed by atoms with Gasteiger partial charge in [-0.25, -0.2) is 0 Å². The summed E-state index contributed by atoms with van der Waals surface area (Å²) in [6.07, 6.45) is 0. The van der Waals surface area contributed by atoms with Gasteiger partial charge in [0.2, 0.25) is 0 Å². The van der Waals surface area contributed by atoms with Crippen molar-refractivity contribution in [3.63, 3.8) is 0 Å². The molecule has 2 aromatic rings. The zero-order chi connectivity index (χ0) is 12.1. The molecule has 0 saturated carbocycles. The largest absolute Gasteiger partial charge is 0.493 e. The van der Waals surface area contributed by atoms with Crippen molar-refractivity contribution in [2.24, 2.45) is 0 Å². The number of ether oxygens (including phenoxy) is 2. The first-order valence-electron chi connectivity index (χ1n) is 5.30. The Morgan fingerprint density at radius 1 is 0.941 bits per heavy atom. The maximum Gasteiger partial charge on any atom is 0.161 e. The standard InChI is InChI=1S/C14H13IO2/c1-16-13-4-2-3-5-14(13)17-10-11-6-8-12(15)9-7-11/h2-9H,10H2,1H3. The summed E-state index contributed by atoms with van der Waals surface area (Å²) in [6, 6.07) is 15.9. The van der Waals surface area contributed by atoms with E-state index in [1.165, 1.54) is 3.57 Å². The quantitative estimate of drug-likeness (QED) is 0.787. The summed E-state index contributed by atoms with van der Waals surface area (Å²) in [7, 11) is 1.65. The third-order valence-electron chi connectivity index (χ3n) is 2.38. The third-order valence-corrected chi connectivity index (χ3v) is 3.10. The number of hydrogen-bond acceptors (Lipinski definition) is 2. The van der Waals surface area contributed by atoms with Crippen molar-refractivity contribution in [2.75, 3.05) is 7.11 Å². The van der Waals surface area contributed by atoms with Crippen LogP contribution in [-0.4, -0.2) is 7.11 Å². The minimum Gasteiger partial charge on any atom is -0.493 e. The Hall–Kier alpha value is -1.23. The highest BCUT2D eigenvalue weighted by molar-refractivity contribution is 14.1. The molecule has 0 unspecified atom stereocenters. The fourth-order valence-electron chi connectivity index (χ4n) is 1.48. The van der Waals surface area contributed by atoms with Gasteiger partial charge >= 0.3 is 0 Å². The molecule has 0 amide bonds. The SMILES string of the molecule is COc1ccccc1OCc1ccc(I)cc1. The van der Waals surface area contributed by atoms with Crippen LogP contribution in [0.3, 0.4) is 0 Å². The van der Waals surface area contributed by atoms with Gasteiger partial charge in [0.25, 0.3) is 0 Å². The highest BCUT2D eigenvalue weighted by Crippen LogP contribution is 2.26. The van der Waals surface area contributed by atoms with Gasteiger partial charge in [0, 0.05) is 3.57 Å². The second-order valence-corrected chi connectivity index (χ2v) is 4.81. The van der Waals surface area contributed by atoms with E-state index in [0.717, 1.165) is 17.1 Å². The van der Waals surface area contributed by atoms with Crippen LogP contribution in [0.25, 0.3) is 0 Å². The lowest BCUT2D eigenvalue weighted by atomic mass is 10.2. The smallest absolute Gasteiger partial charge is 0.161 e. The number of hydrogen-bond donors (Lipinski definition) is 0. The van der Waals surface area contributed by atoms with E-state index < -0.39 is 0 Å². The van der Waals surface area contributed by atoms with E-state index in [2.05, 4.69) is 46.9 Å². The van der Waals surface area contributed by atoms with E-state index in [1.807, 2.05) is 24.3 Å². The molecule has 2 aromatic carbocycles. The van der Waals surface area contributed by atoms with Gasteiger partial charge in [-0.15, -0.1) is 0 Å². The van der Waals surface area contributed by atoms with Crippen LogP contribution in [0.15, 0.2) is 48.5 Å². The highest BCUT2D eigenvalue weighted by Gasteiger charge is 2.02. The average Bonchev–Trinajstić information content (AvgIpc) is 2.38. The van der Waals surface area contributed by atoms with E-state index in [4.69, 9.17) is 9.47 Å². The Morgan fingerprint density at radius 2 is 1.59 bits per heavy atom. The second kappa shape index (κ2) is 5.91. The lowest BCUT2D eigenvalue weighted by molar-refractivity contribution is 0.284. The number of halogens is 1. The summed E-state index contributed by atoms with van der Waals surface area (Å²) >= 11 is 2.29. The van der Waals surface area contributed by atoms with Gasteiger partial charge in [0.15, 0.2) is 11.5 Å². The highest BCUT2D eigenvalue weighted by atomic mass is 127. The molecule has 0 aliphatic heterocycles. The molecule has 0 fully saturated rings. The molecule has 0 aliphatic rings. The van der Waals surface area contributed by atoms with E-state index >= 15 is 0 Å². The van der Waals surface area contributed by atoms with E-state index in [1.54, 1.807) is 7.11 Å². The van der Waals surface area contributed by atoms with Crippen LogP contribution in [0.4, 0.5) is 0 Å². The molecule has 0 aliphatic carbocycles. The predicted molar refractivity (Wildman–Crippen MR) is 76.5 cm³/mol. The van der Waals surface area contributed by atoms with Gasteiger partial charge in [-0.2, -0.15) is 0 Å².